The molecule has 2 fully saturated rings. The molecule has 0 spiro atoms. The number of morpholine rings is 1. The molecule has 0 radical (unpaired) electrons. The lowest BCUT2D eigenvalue weighted by molar-refractivity contribution is -0.137. The summed E-state index contributed by atoms with van der Waals surface area (Å²) in [5, 5.41) is 9.71. The molecule has 2 atom stereocenters. The summed E-state index contributed by atoms with van der Waals surface area (Å²) in [4.78, 5) is 28.3. The number of carboxylic acid groups (broad SMARTS) is 1. The zero-order valence-electron chi connectivity index (χ0n) is 15.7. The molecule has 1 aromatic rings. The van der Waals surface area contributed by atoms with E-state index in [1.807, 2.05) is 24.0 Å². The molecule has 0 aliphatic carbocycles. The van der Waals surface area contributed by atoms with Crippen LogP contribution in [0.25, 0.3) is 0 Å². The predicted molar refractivity (Wildman–Crippen MR) is 103 cm³/mol. The number of aryl methyl sites for hydroxylation is 1. The predicted octanol–water partition coefficient (Wildman–Crippen LogP) is 2.68. The van der Waals surface area contributed by atoms with E-state index in [4.69, 9.17) is 21.4 Å². The summed E-state index contributed by atoms with van der Waals surface area (Å²) in [5.74, 6) is -0.667. The van der Waals surface area contributed by atoms with Crippen LogP contribution in [-0.4, -0.2) is 72.2 Å². The summed E-state index contributed by atoms with van der Waals surface area (Å²) in [6.45, 7) is 6.34. The van der Waals surface area contributed by atoms with Crippen molar-refractivity contribution in [1.29, 1.82) is 0 Å². The monoisotopic (exact) mass is 394 g/mol. The number of nitrogens with zero attached hydrogens (tertiary/aromatic N) is 2. The summed E-state index contributed by atoms with van der Waals surface area (Å²) in [6.07, 6.45) is 1.56. The van der Waals surface area contributed by atoms with E-state index in [1.54, 1.807) is 6.07 Å². The molecule has 0 unspecified atom stereocenters. The molecule has 6 nitrogen and oxygen atoms in total. The third kappa shape index (κ3) is 5.00. The van der Waals surface area contributed by atoms with Crippen LogP contribution in [0.4, 0.5) is 0 Å². The molecule has 1 aromatic carbocycles. The highest BCUT2D eigenvalue weighted by atomic mass is 35.5. The molecule has 148 valence electrons. The lowest BCUT2D eigenvalue weighted by Crippen LogP contribution is -2.55. The molecule has 0 saturated carbocycles. The number of carbonyl (C=O) groups excluding carboxylic acids is 1. The van der Waals surface area contributed by atoms with Crippen molar-refractivity contribution in [2.45, 2.75) is 32.2 Å². The quantitative estimate of drug-likeness (QED) is 0.831. The van der Waals surface area contributed by atoms with Crippen LogP contribution in [0.3, 0.4) is 0 Å². The number of carboxylic acids is 1. The Balaban J connectivity index is 1.72. The summed E-state index contributed by atoms with van der Waals surface area (Å²) < 4.78 is 5.45. The average Bonchev–Trinajstić information content (AvgIpc) is 2.68. The fourth-order valence-electron chi connectivity index (χ4n) is 4.10. The van der Waals surface area contributed by atoms with Gasteiger partial charge in [-0.2, -0.15) is 0 Å². The van der Waals surface area contributed by atoms with Gasteiger partial charge in [0.25, 0.3) is 5.91 Å². The van der Waals surface area contributed by atoms with Crippen molar-refractivity contribution in [3.05, 3.63) is 34.3 Å². The van der Waals surface area contributed by atoms with Gasteiger partial charge < -0.3 is 14.7 Å². The number of carbonyl (C=O) groups is 2. The molecule has 27 heavy (non-hydrogen) atoms. The van der Waals surface area contributed by atoms with Gasteiger partial charge in [-0.15, -0.1) is 0 Å². The van der Waals surface area contributed by atoms with Gasteiger partial charge in [0.2, 0.25) is 0 Å². The van der Waals surface area contributed by atoms with E-state index in [9.17, 15) is 9.59 Å². The molecule has 7 heteroatoms. The second-order valence-electron chi connectivity index (χ2n) is 7.41. The maximum Gasteiger partial charge on any atom is 0.303 e. The first-order chi connectivity index (χ1) is 13.0. The van der Waals surface area contributed by atoms with Gasteiger partial charge in [0.1, 0.15) is 0 Å². The Bertz CT molecular complexity index is 691. The van der Waals surface area contributed by atoms with E-state index < -0.39 is 5.97 Å². The van der Waals surface area contributed by atoms with Gasteiger partial charge in [-0.25, -0.2) is 0 Å². The standard InChI is InChI=1S/C20H27ClN2O4/c1-14-2-3-15(12-17(14)21)20(26)23-7-6-18(22-8-10-27-11-9-22)16(13-23)4-5-19(24)25/h2-3,12,16,18H,4-11,13H2,1H3,(H,24,25)/t16-,18+/m1/s1. The van der Waals surface area contributed by atoms with E-state index in [1.165, 1.54) is 0 Å². The van der Waals surface area contributed by atoms with Crippen molar-refractivity contribution in [3.63, 3.8) is 0 Å². The number of ether oxygens (including phenoxy) is 1. The summed E-state index contributed by atoms with van der Waals surface area (Å²) in [6, 6.07) is 5.69. The number of likely N-dealkylation sites (tertiary alicyclic amines) is 1. The topological polar surface area (TPSA) is 70.1 Å². The molecule has 2 saturated heterocycles. The fourth-order valence-corrected chi connectivity index (χ4v) is 4.28. The minimum atomic E-state index is -0.788. The minimum Gasteiger partial charge on any atom is -0.481 e. The zero-order chi connectivity index (χ0) is 19.4. The number of amides is 1. The van der Waals surface area contributed by atoms with Crippen LogP contribution in [0.5, 0.6) is 0 Å². The summed E-state index contributed by atoms with van der Waals surface area (Å²) in [5.41, 5.74) is 1.53. The maximum absolute atomic E-state index is 12.9. The van der Waals surface area contributed by atoms with Crippen molar-refractivity contribution in [3.8, 4) is 0 Å². The van der Waals surface area contributed by atoms with Gasteiger partial charge in [-0.1, -0.05) is 17.7 Å². The number of aliphatic carboxylic acids is 1. The number of benzene rings is 1. The van der Waals surface area contributed by atoms with Crippen molar-refractivity contribution >= 4 is 23.5 Å². The van der Waals surface area contributed by atoms with Crippen LogP contribution < -0.4 is 0 Å². The molecule has 2 heterocycles. The van der Waals surface area contributed by atoms with E-state index in [-0.39, 0.29) is 18.2 Å². The average molecular weight is 395 g/mol. The van der Waals surface area contributed by atoms with Gasteiger partial charge in [-0.3, -0.25) is 14.5 Å². The van der Waals surface area contributed by atoms with E-state index in [2.05, 4.69) is 4.90 Å². The van der Waals surface area contributed by atoms with Gasteiger partial charge >= 0.3 is 5.97 Å². The number of hydrogen-bond acceptors (Lipinski definition) is 4. The lowest BCUT2D eigenvalue weighted by Gasteiger charge is -2.45. The second-order valence-corrected chi connectivity index (χ2v) is 7.82. The van der Waals surface area contributed by atoms with Gasteiger partial charge in [0.15, 0.2) is 0 Å². The first kappa shape index (κ1) is 20.1. The molecule has 1 amide bonds. The van der Waals surface area contributed by atoms with Crippen molar-refractivity contribution in [1.82, 2.24) is 9.80 Å². The van der Waals surface area contributed by atoms with Crippen molar-refractivity contribution in [2.75, 3.05) is 39.4 Å². The second kappa shape index (κ2) is 9.04. The van der Waals surface area contributed by atoms with E-state index in [0.29, 0.717) is 49.4 Å². The molecule has 0 aromatic heterocycles. The molecular formula is C20H27ClN2O4. The van der Waals surface area contributed by atoms with Crippen LogP contribution in [-0.2, 0) is 9.53 Å². The third-order valence-corrected chi connectivity index (χ3v) is 6.05. The Morgan fingerprint density at radius 3 is 2.67 bits per heavy atom. The smallest absolute Gasteiger partial charge is 0.303 e. The number of piperidine rings is 1. The Kier molecular flexibility index (Phi) is 6.73. The largest absolute Gasteiger partial charge is 0.481 e. The molecule has 1 N–H and O–H groups in total. The normalized spacial score (nSPS) is 24.0. The Labute approximate surface area is 165 Å². The summed E-state index contributed by atoms with van der Waals surface area (Å²) in [7, 11) is 0. The van der Waals surface area contributed by atoms with Gasteiger partial charge in [-0.05, 0) is 43.4 Å². The van der Waals surface area contributed by atoms with Crippen LogP contribution in [0.1, 0.15) is 35.2 Å². The third-order valence-electron chi connectivity index (χ3n) is 5.64. The Morgan fingerprint density at radius 1 is 1.26 bits per heavy atom. The Morgan fingerprint density at radius 2 is 2.00 bits per heavy atom. The first-order valence-electron chi connectivity index (χ1n) is 9.54. The SMILES string of the molecule is Cc1ccc(C(=O)N2CC[C@H](N3CCOCC3)[C@H](CCC(=O)O)C2)cc1Cl. The first-order valence-corrected chi connectivity index (χ1v) is 9.92. The van der Waals surface area contributed by atoms with Crippen LogP contribution in [0.2, 0.25) is 5.02 Å². The van der Waals surface area contributed by atoms with Gasteiger partial charge in [0.05, 0.1) is 13.2 Å². The van der Waals surface area contributed by atoms with Crippen molar-refractivity contribution < 1.29 is 19.4 Å². The Hall–Kier alpha value is -1.63. The molecule has 0 bridgehead atoms. The molecule has 2 aliphatic rings. The highest BCUT2D eigenvalue weighted by molar-refractivity contribution is 6.31. The number of halogens is 1. The fraction of sp³-hybridized carbons (Fsp3) is 0.600. The molecular weight excluding hydrogens is 368 g/mol. The lowest BCUT2D eigenvalue weighted by atomic mass is 9.86. The van der Waals surface area contributed by atoms with E-state index >= 15 is 0 Å². The zero-order valence-corrected chi connectivity index (χ0v) is 16.5. The van der Waals surface area contributed by atoms with Crippen molar-refractivity contribution in [2.24, 2.45) is 5.92 Å². The highest BCUT2D eigenvalue weighted by Crippen LogP contribution is 2.28. The summed E-state index contributed by atoms with van der Waals surface area (Å²) >= 11 is 6.18. The minimum absolute atomic E-state index is 0.0300. The molecule has 2 aliphatic heterocycles. The number of hydrogen-bond donors (Lipinski definition) is 1. The molecule has 3 rings (SSSR count). The number of rotatable bonds is 5. The van der Waals surface area contributed by atoms with E-state index in [0.717, 1.165) is 25.1 Å². The van der Waals surface area contributed by atoms with Gasteiger partial charge in [0, 0.05) is 49.2 Å². The van der Waals surface area contributed by atoms with Crippen LogP contribution in [0, 0.1) is 12.8 Å². The maximum atomic E-state index is 12.9. The highest BCUT2D eigenvalue weighted by Gasteiger charge is 2.35. The van der Waals surface area contributed by atoms with Crippen LogP contribution >= 0.6 is 11.6 Å². The van der Waals surface area contributed by atoms with Crippen LogP contribution in [0.15, 0.2) is 18.2 Å².